The molecule has 0 aromatic heterocycles. The molecule has 0 saturated carbocycles. The van der Waals surface area contributed by atoms with Gasteiger partial charge in [0.2, 0.25) is 0 Å². The Labute approximate surface area is 132 Å². The van der Waals surface area contributed by atoms with Crippen molar-refractivity contribution in [2.45, 2.75) is 25.7 Å². The first-order valence-electron chi connectivity index (χ1n) is 7.58. The predicted octanol–water partition coefficient (Wildman–Crippen LogP) is 4.62. The SMILES string of the molecule is COc1ccc(C2=CCc3cc(OC)ccc3C2(C)C)cc1. The number of hydrogen-bond acceptors (Lipinski definition) is 2. The van der Waals surface area contributed by atoms with Crippen molar-refractivity contribution in [2.75, 3.05) is 14.2 Å². The van der Waals surface area contributed by atoms with Crippen LogP contribution in [0.5, 0.6) is 11.5 Å². The van der Waals surface area contributed by atoms with Gasteiger partial charge in [-0.15, -0.1) is 0 Å². The fraction of sp³-hybridized carbons (Fsp3) is 0.300. The summed E-state index contributed by atoms with van der Waals surface area (Å²) in [6, 6.07) is 14.7. The highest BCUT2D eigenvalue weighted by Gasteiger charge is 2.31. The van der Waals surface area contributed by atoms with Crippen molar-refractivity contribution >= 4 is 5.57 Å². The molecule has 0 spiro atoms. The Bertz CT molecular complexity index is 709. The molecule has 0 amide bonds. The number of hydrogen-bond donors (Lipinski definition) is 0. The molecule has 2 heteroatoms. The van der Waals surface area contributed by atoms with Gasteiger partial charge in [0.05, 0.1) is 14.2 Å². The van der Waals surface area contributed by atoms with E-state index in [1.807, 2.05) is 12.1 Å². The van der Waals surface area contributed by atoms with Crippen LogP contribution in [0.1, 0.15) is 30.5 Å². The summed E-state index contributed by atoms with van der Waals surface area (Å²) in [5.74, 6) is 1.82. The first-order valence-corrected chi connectivity index (χ1v) is 7.58. The van der Waals surface area contributed by atoms with Gasteiger partial charge in [-0.2, -0.15) is 0 Å². The van der Waals surface area contributed by atoms with E-state index in [2.05, 4.69) is 50.3 Å². The standard InChI is InChI=1S/C20H22O2/c1-20(2)18(14-5-8-16(21-3)9-6-14)11-7-15-13-17(22-4)10-12-19(15)20/h5-6,8-13H,7H2,1-4H3. The minimum absolute atomic E-state index is 0.0194. The summed E-state index contributed by atoms with van der Waals surface area (Å²) in [7, 11) is 3.41. The topological polar surface area (TPSA) is 18.5 Å². The van der Waals surface area contributed by atoms with Gasteiger partial charge in [0.1, 0.15) is 11.5 Å². The molecule has 2 nitrogen and oxygen atoms in total. The molecule has 2 aromatic rings. The van der Waals surface area contributed by atoms with E-state index in [0.717, 1.165) is 17.9 Å². The smallest absolute Gasteiger partial charge is 0.119 e. The van der Waals surface area contributed by atoms with Crippen molar-refractivity contribution < 1.29 is 9.47 Å². The Morgan fingerprint density at radius 3 is 2.14 bits per heavy atom. The molecule has 0 radical (unpaired) electrons. The second-order valence-electron chi connectivity index (χ2n) is 6.20. The van der Waals surface area contributed by atoms with Crippen LogP contribution in [0.2, 0.25) is 0 Å². The van der Waals surface area contributed by atoms with Crippen molar-refractivity contribution in [3.8, 4) is 11.5 Å². The number of methoxy groups -OCH3 is 2. The van der Waals surface area contributed by atoms with Crippen LogP contribution in [0.4, 0.5) is 0 Å². The molecule has 2 aromatic carbocycles. The summed E-state index contributed by atoms with van der Waals surface area (Å²) >= 11 is 0. The Hall–Kier alpha value is -2.22. The van der Waals surface area contributed by atoms with Gasteiger partial charge in [-0.1, -0.05) is 38.1 Å². The summed E-state index contributed by atoms with van der Waals surface area (Å²) in [6.07, 6.45) is 3.28. The first kappa shape index (κ1) is 14.7. The van der Waals surface area contributed by atoms with E-state index < -0.39 is 0 Å². The third-order valence-electron chi connectivity index (χ3n) is 4.59. The lowest BCUT2D eigenvalue weighted by Crippen LogP contribution is -2.24. The molecule has 3 rings (SSSR count). The monoisotopic (exact) mass is 294 g/mol. The average molecular weight is 294 g/mol. The Morgan fingerprint density at radius 1 is 0.864 bits per heavy atom. The largest absolute Gasteiger partial charge is 0.497 e. The molecular formula is C20H22O2. The van der Waals surface area contributed by atoms with Gasteiger partial charge in [-0.3, -0.25) is 0 Å². The highest BCUT2D eigenvalue weighted by atomic mass is 16.5. The number of allylic oxidation sites excluding steroid dienone is 2. The van der Waals surface area contributed by atoms with Crippen LogP contribution in [-0.2, 0) is 11.8 Å². The van der Waals surface area contributed by atoms with Gasteiger partial charge in [0, 0.05) is 5.41 Å². The third kappa shape index (κ3) is 2.39. The molecule has 1 aliphatic carbocycles. The zero-order valence-corrected chi connectivity index (χ0v) is 13.6. The van der Waals surface area contributed by atoms with Crippen LogP contribution < -0.4 is 9.47 Å². The van der Waals surface area contributed by atoms with E-state index >= 15 is 0 Å². The third-order valence-corrected chi connectivity index (χ3v) is 4.59. The zero-order valence-electron chi connectivity index (χ0n) is 13.6. The quantitative estimate of drug-likeness (QED) is 0.822. The van der Waals surface area contributed by atoms with E-state index in [1.54, 1.807) is 14.2 Å². The molecular weight excluding hydrogens is 272 g/mol. The van der Waals surface area contributed by atoms with Crippen LogP contribution in [0.3, 0.4) is 0 Å². The van der Waals surface area contributed by atoms with Crippen molar-refractivity contribution in [2.24, 2.45) is 0 Å². The molecule has 0 heterocycles. The van der Waals surface area contributed by atoms with Crippen molar-refractivity contribution in [1.82, 2.24) is 0 Å². The number of benzene rings is 2. The van der Waals surface area contributed by atoms with E-state index in [1.165, 1.54) is 22.3 Å². The molecule has 0 atom stereocenters. The second-order valence-corrected chi connectivity index (χ2v) is 6.20. The van der Waals surface area contributed by atoms with E-state index in [9.17, 15) is 0 Å². The summed E-state index contributed by atoms with van der Waals surface area (Å²) in [5, 5.41) is 0. The maximum absolute atomic E-state index is 5.35. The molecule has 0 N–H and O–H groups in total. The molecule has 0 unspecified atom stereocenters. The molecule has 0 bridgehead atoms. The molecule has 22 heavy (non-hydrogen) atoms. The van der Waals surface area contributed by atoms with Gasteiger partial charge in [-0.05, 0) is 52.9 Å². The number of fused-ring (bicyclic) bond motifs is 1. The Balaban J connectivity index is 2.02. The summed E-state index contributed by atoms with van der Waals surface area (Å²) in [5.41, 5.74) is 5.33. The fourth-order valence-electron chi connectivity index (χ4n) is 3.34. The number of rotatable bonds is 3. The normalized spacial score (nSPS) is 15.7. The van der Waals surface area contributed by atoms with Crippen LogP contribution in [0.25, 0.3) is 5.57 Å². The lowest BCUT2D eigenvalue weighted by atomic mass is 9.69. The van der Waals surface area contributed by atoms with Crippen molar-refractivity contribution in [3.05, 3.63) is 65.2 Å². The first-order chi connectivity index (χ1) is 10.6. The highest BCUT2D eigenvalue weighted by molar-refractivity contribution is 5.78. The van der Waals surface area contributed by atoms with Crippen LogP contribution >= 0.6 is 0 Å². The lowest BCUT2D eigenvalue weighted by Gasteiger charge is -2.35. The van der Waals surface area contributed by atoms with Gasteiger partial charge in [-0.25, -0.2) is 0 Å². The Kier molecular flexibility index (Phi) is 3.69. The fourth-order valence-corrected chi connectivity index (χ4v) is 3.34. The molecule has 0 fully saturated rings. The minimum Gasteiger partial charge on any atom is -0.497 e. The second kappa shape index (κ2) is 5.53. The molecule has 114 valence electrons. The maximum Gasteiger partial charge on any atom is 0.119 e. The average Bonchev–Trinajstić information content (AvgIpc) is 2.54. The van der Waals surface area contributed by atoms with Crippen LogP contribution in [0, 0.1) is 0 Å². The highest BCUT2D eigenvalue weighted by Crippen LogP contribution is 2.44. The molecule has 0 saturated heterocycles. The lowest BCUT2D eigenvalue weighted by molar-refractivity contribution is 0.413. The summed E-state index contributed by atoms with van der Waals surface area (Å²) in [4.78, 5) is 0. The summed E-state index contributed by atoms with van der Waals surface area (Å²) < 4.78 is 10.6. The van der Waals surface area contributed by atoms with Gasteiger partial charge >= 0.3 is 0 Å². The number of ether oxygens (including phenoxy) is 2. The van der Waals surface area contributed by atoms with Crippen molar-refractivity contribution in [3.63, 3.8) is 0 Å². The zero-order chi connectivity index (χ0) is 15.7. The van der Waals surface area contributed by atoms with Crippen LogP contribution in [0.15, 0.2) is 48.5 Å². The Morgan fingerprint density at radius 2 is 1.50 bits per heavy atom. The minimum atomic E-state index is -0.0194. The van der Waals surface area contributed by atoms with Crippen molar-refractivity contribution in [1.29, 1.82) is 0 Å². The molecule has 0 aliphatic heterocycles. The van der Waals surface area contributed by atoms with E-state index in [0.29, 0.717) is 0 Å². The van der Waals surface area contributed by atoms with E-state index in [4.69, 9.17) is 9.47 Å². The maximum atomic E-state index is 5.35. The summed E-state index contributed by atoms with van der Waals surface area (Å²) in [6.45, 7) is 4.57. The van der Waals surface area contributed by atoms with Gasteiger partial charge in [0.25, 0.3) is 0 Å². The van der Waals surface area contributed by atoms with Crippen LogP contribution in [-0.4, -0.2) is 14.2 Å². The molecule has 1 aliphatic rings. The van der Waals surface area contributed by atoms with E-state index in [-0.39, 0.29) is 5.41 Å². The van der Waals surface area contributed by atoms with Gasteiger partial charge < -0.3 is 9.47 Å². The predicted molar refractivity (Wildman–Crippen MR) is 90.7 cm³/mol. The van der Waals surface area contributed by atoms with Gasteiger partial charge in [0.15, 0.2) is 0 Å².